The minimum absolute atomic E-state index is 0.779. The van der Waals surface area contributed by atoms with Crippen LogP contribution in [0.2, 0.25) is 0 Å². The van der Waals surface area contributed by atoms with E-state index in [1.165, 1.54) is 32.5 Å². The van der Waals surface area contributed by atoms with Gasteiger partial charge in [-0.15, -0.1) is 0 Å². The molecule has 1 heterocycles. The van der Waals surface area contributed by atoms with Gasteiger partial charge in [-0.3, -0.25) is 0 Å². The zero-order valence-electron chi connectivity index (χ0n) is 12.5. The maximum Gasteiger partial charge on any atom is 0.0207 e. The van der Waals surface area contributed by atoms with Crippen molar-refractivity contribution in [2.24, 2.45) is 29.6 Å². The fourth-order valence-electron chi connectivity index (χ4n) is 6.07. The van der Waals surface area contributed by atoms with E-state index in [0.717, 1.165) is 35.6 Å². The fraction of sp³-hybridized carbons (Fsp3) is 1.00. The molecular weight excluding hydrogens is 232 g/mol. The molecule has 1 saturated heterocycles. The summed E-state index contributed by atoms with van der Waals surface area (Å²) in [7, 11) is 2.25. The third-order valence-corrected chi connectivity index (χ3v) is 6.72. The van der Waals surface area contributed by atoms with Crippen molar-refractivity contribution in [1.82, 2.24) is 10.2 Å². The quantitative estimate of drug-likeness (QED) is 0.838. The smallest absolute Gasteiger partial charge is 0.0207 e. The predicted octanol–water partition coefficient (Wildman–Crippen LogP) is 2.74. The summed E-state index contributed by atoms with van der Waals surface area (Å²) >= 11 is 0. The van der Waals surface area contributed by atoms with Crippen LogP contribution in [-0.2, 0) is 0 Å². The van der Waals surface area contributed by atoms with Crippen molar-refractivity contribution in [2.45, 2.75) is 51.0 Å². The van der Waals surface area contributed by atoms with E-state index < -0.39 is 0 Å². The van der Waals surface area contributed by atoms with Gasteiger partial charge >= 0.3 is 0 Å². The number of rotatable bonds is 4. The Balaban J connectivity index is 1.27. The summed E-state index contributed by atoms with van der Waals surface area (Å²) < 4.78 is 0. The van der Waals surface area contributed by atoms with Gasteiger partial charge in [0.05, 0.1) is 0 Å². The van der Waals surface area contributed by atoms with E-state index in [0.29, 0.717) is 0 Å². The Labute approximate surface area is 118 Å². The summed E-state index contributed by atoms with van der Waals surface area (Å²) in [6.07, 6.45) is 10.8. The van der Waals surface area contributed by atoms with Crippen molar-refractivity contribution in [3.8, 4) is 0 Å². The van der Waals surface area contributed by atoms with E-state index >= 15 is 0 Å². The molecule has 1 N–H and O–H groups in total. The van der Waals surface area contributed by atoms with E-state index in [1.54, 1.807) is 32.1 Å². The van der Waals surface area contributed by atoms with Crippen molar-refractivity contribution in [2.75, 3.05) is 26.7 Å². The highest BCUT2D eigenvalue weighted by Gasteiger charge is 2.47. The monoisotopic (exact) mass is 262 g/mol. The van der Waals surface area contributed by atoms with E-state index in [1.807, 2.05) is 0 Å². The van der Waals surface area contributed by atoms with Crippen molar-refractivity contribution in [3.63, 3.8) is 0 Å². The summed E-state index contributed by atoms with van der Waals surface area (Å²) in [6, 6.07) is 0.779. The molecule has 0 radical (unpaired) electrons. The molecule has 5 rings (SSSR count). The minimum Gasteiger partial charge on any atom is -0.313 e. The second kappa shape index (κ2) is 5.04. The zero-order chi connectivity index (χ0) is 12.8. The first kappa shape index (κ1) is 12.6. The van der Waals surface area contributed by atoms with Gasteiger partial charge in [-0.1, -0.05) is 0 Å². The molecule has 0 spiro atoms. The van der Waals surface area contributed by atoms with Gasteiger partial charge in [0.15, 0.2) is 0 Å². The minimum atomic E-state index is 0.779. The molecule has 0 aromatic carbocycles. The van der Waals surface area contributed by atoms with Gasteiger partial charge < -0.3 is 10.2 Å². The largest absolute Gasteiger partial charge is 0.313 e. The van der Waals surface area contributed by atoms with Crippen LogP contribution in [0.3, 0.4) is 0 Å². The molecule has 5 aliphatic rings. The van der Waals surface area contributed by atoms with Crippen molar-refractivity contribution in [1.29, 1.82) is 0 Å². The van der Waals surface area contributed by atoms with Gasteiger partial charge in [0.2, 0.25) is 0 Å². The van der Waals surface area contributed by atoms with E-state index in [4.69, 9.17) is 0 Å². The van der Waals surface area contributed by atoms with Crippen molar-refractivity contribution < 1.29 is 0 Å². The molecule has 4 aliphatic carbocycles. The van der Waals surface area contributed by atoms with Crippen LogP contribution in [0.5, 0.6) is 0 Å². The number of likely N-dealkylation sites (tertiary alicyclic amines) is 1. The SMILES string of the molecule is CN1CCC(NCCC2C3CC4CC(C3)CC2C4)C1. The number of likely N-dealkylation sites (N-methyl/N-ethyl adjacent to an activating group) is 1. The average molecular weight is 262 g/mol. The molecule has 0 aromatic rings. The third-order valence-electron chi connectivity index (χ3n) is 6.72. The zero-order valence-corrected chi connectivity index (χ0v) is 12.5. The number of nitrogens with one attached hydrogen (secondary N) is 1. The molecule has 0 amide bonds. The molecule has 0 aromatic heterocycles. The van der Waals surface area contributed by atoms with Crippen molar-refractivity contribution in [3.05, 3.63) is 0 Å². The Bertz CT molecular complexity index is 299. The molecule has 4 saturated carbocycles. The summed E-state index contributed by atoms with van der Waals surface area (Å²) in [5.41, 5.74) is 0. The summed E-state index contributed by atoms with van der Waals surface area (Å²) in [4.78, 5) is 2.46. The topological polar surface area (TPSA) is 15.3 Å². The lowest BCUT2D eigenvalue weighted by atomic mass is 9.51. The van der Waals surface area contributed by atoms with E-state index in [-0.39, 0.29) is 0 Å². The van der Waals surface area contributed by atoms with E-state index in [2.05, 4.69) is 17.3 Å². The highest BCUT2D eigenvalue weighted by Crippen LogP contribution is 2.57. The summed E-state index contributed by atoms with van der Waals surface area (Å²) in [6.45, 7) is 3.84. The van der Waals surface area contributed by atoms with Crippen LogP contribution in [0.1, 0.15) is 44.9 Å². The van der Waals surface area contributed by atoms with Crippen LogP contribution < -0.4 is 5.32 Å². The Kier molecular flexibility index (Phi) is 3.35. The Morgan fingerprint density at radius 3 is 2.26 bits per heavy atom. The summed E-state index contributed by atoms with van der Waals surface area (Å²) in [5.74, 6) is 5.58. The highest BCUT2D eigenvalue weighted by molar-refractivity contribution is 4.98. The summed E-state index contributed by atoms with van der Waals surface area (Å²) in [5, 5.41) is 3.83. The van der Waals surface area contributed by atoms with Gasteiger partial charge in [0.1, 0.15) is 0 Å². The van der Waals surface area contributed by atoms with Gasteiger partial charge in [0.25, 0.3) is 0 Å². The molecule has 1 atom stereocenters. The van der Waals surface area contributed by atoms with Gasteiger partial charge in [-0.2, -0.15) is 0 Å². The number of hydrogen-bond donors (Lipinski definition) is 1. The maximum atomic E-state index is 3.83. The fourth-order valence-corrected chi connectivity index (χ4v) is 6.07. The molecule has 2 heteroatoms. The van der Waals surface area contributed by atoms with Crippen LogP contribution in [0.25, 0.3) is 0 Å². The lowest BCUT2D eigenvalue weighted by Gasteiger charge is -2.54. The first-order valence-corrected chi connectivity index (χ1v) is 8.70. The lowest BCUT2D eigenvalue weighted by Crippen LogP contribution is -2.46. The third kappa shape index (κ3) is 2.47. The molecular formula is C17H30N2. The van der Waals surface area contributed by atoms with Gasteiger partial charge in [-0.05, 0) is 94.7 Å². The average Bonchev–Trinajstić information content (AvgIpc) is 2.78. The molecule has 5 fully saturated rings. The molecule has 1 aliphatic heterocycles. The van der Waals surface area contributed by atoms with Crippen LogP contribution >= 0.6 is 0 Å². The number of hydrogen-bond acceptors (Lipinski definition) is 2. The van der Waals surface area contributed by atoms with Crippen LogP contribution in [-0.4, -0.2) is 37.6 Å². The van der Waals surface area contributed by atoms with Gasteiger partial charge in [0, 0.05) is 12.6 Å². The highest BCUT2D eigenvalue weighted by atomic mass is 15.2. The van der Waals surface area contributed by atoms with Crippen LogP contribution in [0.15, 0.2) is 0 Å². The first-order valence-electron chi connectivity index (χ1n) is 8.70. The first-order chi connectivity index (χ1) is 9.28. The number of nitrogens with zero attached hydrogens (tertiary/aromatic N) is 1. The standard InChI is InChI=1S/C17H30N2/c1-19-5-3-16(11-19)18-4-2-17-14-7-12-6-13(9-14)10-15(17)8-12/h12-18H,2-11H2,1H3. The second-order valence-electron chi connectivity index (χ2n) is 8.09. The maximum absolute atomic E-state index is 3.83. The molecule has 108 valence electrons. The predicted molar refractivity (Wildman–Crippen MR) is 79.1 cm³/mol. The van der Waals surface area contributed by atoms with Crippen LogP contribution in [0, 0.1) is 29.6 Å². The molecule has 2 nitrogen and oxygen atoms in total. The Hall–Kier alpha value is -0.0800. The second-order valence-corrected chi connectivity index (χ2v) is 8.09. The molecule has 4 bridgehead atoms. The Morgan fingerprint density at radius 2 is 1.68 bits per heavy atom. The lowest BCUT2D eigenvalue weighted by molar-refractivity contribution is -0.0394. The molecule has 19 heavy (non-hydrogen) atoms. The Morgan fingerprint density at radius 1 is 1.00 bits per heavy atom. The van der Waals surface area contributed by atoms with Crippen LogP contribution in [0.4, 0.5) is 0 Å². The molecule has 1 unspecified atom stereocenters. The normalized spacial score (nSPS) is 49.1. The van der Waals surface area contributed by atoms with Crippen molar-refractivity contribution >= 4 is 0 Å². The van der Waals surface area contributed by atoms with Gasteiger partial charge in [-0.25, -0.2) is 0 Å². The van der Waals surface area contributed by atoms with E-state index in [9.17, 15) is 0 Å².